The van der Waals surface area contributed by atoms with Gasteiger partial charge in [0.2, 0.25) is 0 Å². The summed E-state index contributed by atoms with van der Waals surface area (Å²) in [5.41, 5.74) is 2.66. The Bertz CT molecular complexity index is 977. The minimum absolute atomic E-state index is 0.0800. The van der Waals surface area contributed by atoms with E-state index in [1.807, 2.05) is 0 Å². The molecule has 0 unspecified atom stereocenters. The number of thiophene rings is 1. The van der Waals surface area contributed by atoms with Crippen LogP contribution in [0.2, 0.25) is 5.02 Å². The van der Waals surface area contributed by atoms with Crippen molar-refractivity contribution in [2.24, 2.45) is 5.41 Å². The number of hydrogen-bond acceptors (Lipinski definition) is 3. The van der Waals surface area contributed by atoms with Gasteiger partial charge in [-0.3, -0.25) is 0 Å². The van der Waals surface area contributed by atoms with Crippen molar-refractivity contribution in [2.45, 2.75) is 46.0 Å². The number of anilines is 1. The second kappa shape index (κ2) is 7.65. The SMILES string of the molecule is CC1(C)CCc2sc(-c3cc(Cl)ccc3NC(=O)N3CCCC3)c(C(=O)O)c2C1. The van der Waals surface area contributed by atoms with Gasteiger partial charge in [0.1, 0.15) is 0 Å². The number of carbonyl (C=O) groups excluding carboxylic acids is 1. The van der Waals surface area contributed by atoms with Gasteiger partial charge in [-0.1, -0.05) is 25.4 Å². The van der Waals surface area contributed by atoms with Gasteiger partial charge < -0.3 is 15.3 Å². The lowest BCUT2D eigenvalue weighted by atomic mass is 9.76. The second-order valence-corrected chi connectivity index (χ2v) is 10.2. The average Bonchev–Trinajstić information content (AvgIpc) is 3.29. The maximum absolute atomic E-state index is 12.7. The quantitative estimate of drug-likeness (QED) is 0.633. The number of rotatable bonds is 3. The summed E-state index contributed by atoms with van der Waals surface area (Å²) in [6.45, 7) is 5.86. The van der Waals surface area contributed by atoms with Crippen LogP contribution in [0.25, 0.3) is 10.4 Å². The number of nitrogens with zero attached hydrogens (tertiary/aromatic N) is 1. The summed E-state index contributed by atoms with van der Waals surface area (Å²) >= 11 is 7.79. The predicted molar refractivity (Wildman–Crippen MR) is 117 cm³/mol. The third-order valence-electron chi connectivity index (χ3n) is 5.85. The molecule has 1 fully saturated rings. The Morgan fingerprint density at radius 1 is 1.24 bits per heavy atom. The molecule has 2 amide bonds. The topological polar surface area (TPSA) is 69.6 Å². The zero-order chi connectivity index (χ0) is 20.8. The van der Waals surface area contributed by atoms with Crippen LogP contribution in [0.5, 0.6) is 0 Å². The van der Waals surface area contributed by atoms with Crippen molar-refractivity contribution in [1.82, 2.24) is 4.90 Å². The van der Waals surface area contributed by atoms with Crippen LogP contribution in [0, 0.1) is 5.41 Å². The summed E-state index contributed by atoms with van der Waals surface area (Å²) in [6, 6.07) is 5.10. The predicted octanol–water partition coefficient (Wildman–Crippen LogP) is 5.91. The van der Waals surface area contributed by atoms with Crippen LogP contribution in [0.3, 0.4) is 0 Å². The largest absolute Gasteiger partial charge is 0.478 e. The fraction of sp³-hybridized carbons (Fsp3) is 0.455. The normalized spacial score (nSPS) is 17.8. The second-order valence-electron chi connectivity index (χ2n) is 8.67. The van der Waals surface area contributed by atoms with Crippen LogP contribution >= 0.6 is 22.9 Å². The van der Waals surface area contributed by atoms with Gasteiger partial charge in [0.25, 0.3) is 0 Å². The van der Waals surface area contributed by atoms with Crippen molar-refractivity contribution >= 4 is 40.6 Å². The highest BCUT2D eigenvalue weighted by Gasteiger charge is 2.33. The molecule has 5 nitrogen and oxygen atoms in total. The van der Waals surface area contributed by atoms with E-state index in [9.17, 15) is 14.7 Å². The summed E-state index contributed by atoms with van der Waals surface area (Å²) in [7, 11) is 0. The number of aromatic carboxylic acids is 1. The van der Waals surface area contributed by atoms with Crippen molar-refractivity contribution in [3.63, 3.8) is 0 Å². The van der Waals surface area contributed by atoms with Gasteiger partial charge in [0.15, 0.2) is 0 Å². The Morgan fingerprint density at radius 2 is 1.97 bits per heavy atom. The standard InChI is InChI=1S/C22H25ClN2O3S/c1-22(2)8-7-17-15(12-22)18(20(26)27)19(29-17)14-11-13(23)5-6-16(14)24-21(28)25-9-3-4-10-25/h5-6,11H,3-4,7-10,12H2,1-2H3,(H,24,28)(H,26,27). The number of fused-ring (bicyclic) bond motifs is 1. The molecule has 4 rings (SSSR count). The van der Waals surface area contributed by atoms with Crippen LogP contribution in [-0.4, -0.2) is 35.1 Å². The van der Waals surface area contributed by atoms with Crippen molar-refractivity contribution in [2.75, 3.05) is 18.4 Å². The lowest BCUT2D eigenvalue weighted by Gasteiger charge is -2.29. The third kappa shape index (κ3) is 4.01. The van der Waals surface area contributed by atoms with Crippen LogP contribution in [0.1, 0.15) is 53.9 Å². The zero-order valence-corrected chi connectivity index (χ0v) is 18.3. The van der Waals surface area contributed by atoms with E-state index < -0.39 is 5.97 Å². The fourth-order valence-corrected chi connectivity index (χ4v) is 5.78. The van der Waals surface area contributed by atoms with E-state index in [2.05, 4.69) is 19.2 Å². The van der Waals surface area contributed by atoms with Gasteiger partial charge in [0, 0.05) is 28.6 Å². The summed E-state index contributed by atoms with van der Waals surface area (Å²) in [4.78, 5) is 28.5. The molecule has 2 N–H and O–H groups in total. The molecule has 0 spiro atoms. The van der Waals surface area contributed by atoms with E-state index in [1.54, 1.807) is 23.1 Å². The van der Waals surface area contributed by atoms with Crippen LogP contribution < -0.4 is 5.32 Å². The molecule has 154 valence electrons. The Kier molecular flexibility index (Phi) is 5.34. The van der Waals surface area contributed by atoms with E-state index in [0.717, 1.165) is 55.6 Å². The smallest absolute Gasteiger partial charge is 0.337 e. The Balaban J connectivity index is 1.78. The lowest BCUT2D eigenvalue weighted by molar-refractivity contribution is 0.0696. The molecule has 29 heavy (non-hydrogen) atoms. The maximum Gasteiger partial charge on any atom is 0.337 e. The molecule has 0 atom stereocenters. The summed E-state index contributed by atoms with van der Waals surface area (Å²) < 4.78 is 0. The van der Waals surface area contributed by atoms with Crippen molar-refractivity contribution in [3.05, 3.63) is 39.2 Å². The summed E-state index contributed by atoms with van der Waals surface area (Å²) in [5.74, 6) is -0.924. The highest BCUT2D eigenvalue weighted by molar-refractivity contribution is 7.16. The first-order chi connectivity index (χ1) is 13.7. The van der Waals surface area contributed by atoms with Gasteiger partial charge in [-0.25, -0.2) is 9.59 Å². The molecule has 0 bridgehead atoms. The highest BCUT2D eigenvalue weighted by Crippen LogP contribution is 2.47. The molecule has 1 aliphatic heterocycles. The minimum Gasteiger partial charge on any atom is -0.478 e. The first-order valence-electron chi connectivity index (χ1n) is 9.99. The van der Waals surface area contributed by atoms with Crippen molar-refractivity contribution in [3.8, 4) is 10.4 Å². The zero-order valence-electron chi connectivity index (χ0n) is 16.7. The number of urea groups is 1. The molecule has 1 saturated heterocycles. The first kappa shape index (κ1) is 20.2. The molecule has 0 radical (unpaired) electrons. The Labute approximate surface area is 179 Å². The van der Waals surface area contributed by atoms with Gasteiger partial charge >= 0.3 is 12.0 Å². The molecule has 1 aromatic heterocycles. The number of aryl methyl sites for hydroxylation is 1. The minimum atomic E-state index is -0.924. The summed E-state index contributed by atoms with van der Waals surface area (Å²) in [6.07, 6.45) is 4.68. The van der Waals surface area contributed by atoms with Crippen molar-refractivity contribution < 1.29 is 14.7 Å². The monoisotopic (exact) mass is 432 g/mol. The molecule has 7 heteroatoms. The number of nitrogens with one attached hydrogen (secondary N) is 1. The Hall–Kier alpha value is -2.05. The van der Waals surface area contributed by atoms with Gasteiger partial charge in [-0.05, 0) is 61.3 Å². The molecular weight excluding hydrogens is 408 g/mol. The van der Waals surface area contributed by atoms with Crippen molar-refractivity contribution in [1.29, 1.82) is 0 Å². The Morgan fingerprint density at radius 3 is 2.66 bits per heavy atom. The number of likely N-dealkylation sites (tertiary alicyclic amines) is 1. The van der Waals surface area contributed by atoms with E-state index in [0.29, 0.717) is 26.7 Å². The molecule has 2 heterocycles. The number of halogens is 1. The number of amides is 2. The van der Waals surface area contributed by atoms with Gasteiger partial charge in [-0.2, -0.15) is 0 Å². The first-order valence-corrected chi connectivity index (χ1v) is 11.2. The molecule has 2 aliphatic rings. The maximum atomic E-state index is 12.7. The van der Waals surface area contributed by atoms with E-state index in [1.165, 1.54) is 11.3 Å². The lowest BCUT2D eigenvalue weighted by Crippen LogP contribution is -2.32. The van der Waals surface area contributed by atoms with Gasteiger partial charge in [0.05, 0.1) is 16.1 Å². The number of hydrogen-bond donors (Lipinski definition) is 2. The molecular formula is C22H25ClN2O3S. The molecule has 1 aromatic carbocycles. The van der Waals surface area contributed by atoms with E-state index in [-0.39, 0.29) is 11.4 Å². The number of benzene rings is 1. The molecule has 1 aliphatic carbocycles. The van der Waals surface area contributed by atoms with Gasteiger partial charge in [-0.15, -0.1) is 11.3 Å². The fourth-order valence-electron chi connectivity index (χ4n) is 4.26. The number of carbonyl (C=O) groups is 2. The average molecular weight is 433 g/mol. The number of carboxylic acids is 1. The number of carboxylic acid groups (broad SMARTS) is 1. The van der Waals surface area contributed by atoms with Crippen LogP contribution in [0.15, 0.2) is 18.2 Å². The highest BCUT2D eigenvalue weighted by atomic mass is 35.5. The molecule has 0 saturated carbocycles. The van der Waals surface area contributed by atoms with Crippen LogP contribution in [0.4, 0.5) is 10.5 Å². The van der Waals surface area contributed by atoms with Crippen LogP contribution in [-0.2, 0) is 12.8 Å². The summed E-state index contributed by atoms with van der Waals surface area (Å²) in [5, 5.41) is 13.5. The van der Waals surface area contributed by atoms with E-state index >= 15 is 0 Å². The van der Waals surface area contributed by atoms with E-state index in [4.69, 9.17) is 11.6 Å². The third-order valence-corrected chi connectivity index (χ3v) is 7.41. The molecule has 2 aromatic rings.